The quantitative estimate of drug-likeness (QED) is 0.705. The second kappa shape index (κ2) is 6.77. The Morgan fingerprint density at radius 2 is 1.77 bits per heavy atom. The minimum absolute atomic E-state index is 0.176. The first-order valence-electron chi connectivity index (χ1n) is 9.26. The summed E-state index contributed by atoms with van der Waals surface area (Å²) in [6, 6.07) is 10.3. The van der Waals surface area contributed by atoms with Crippen molar-refractivity contribution >= 4 is 11.7 Å². The molecule has 152 valence electrons. The van der Waals surface area contributed by atoms with Crippen molar-refractivity contribution in [3.63, 3.8) is 0 Å². The van der Waals surface area contributed by atoms with Gasteiger partial charge in [0.15, 0.2) is 11.5 Å². The average Bonchev–Trinajstić information content (AvgIpc) is 3.07. The topological polar surface area (TPSA) is 69.7 Å². The average molecular weight is 410 g/mol. The predicted octanol–water partition coefficient (Wildman–Crippen LogP) is 4.09. The lowest BCUT2D eigenvalue weighted by atomic mass is 10.0. The second-order valence-corrected chi connectivity index (χ2v) is 7.20. The van der Waals surface area contributed by atoms with Gasteiger partial charge in [0.1, 0.15) is 36.2 Å². The number of nitrogens with one attached hydrogen (secondary N) is 1. The maximum absolute atomic E-state index is 13.8. The molecule has 1 aromatic heterocycles. The maximum atomic E-state index is 13.8. The third-order valence-corrected chi connectivity index (χ3v) is 5.03. The van der Waals surface area contributed by atoms with Crippen molar-refractivity contribution in [2.75, 3.05) is 18.5 Å². The molecule has 2 aliphatic rings. The van der Waals surface area contributed by atoms with Crippen LogP contribution in [0, 0.1) is 18.6 Å². The summed E-state index contributed by atoms with van der Waals surface area (Å²) in [5.41, 5.74) is 1.99. The molecule has 3 aromatic rings. The van der Waals surface area contributed by atoms with Gasteiger partial charge in [-0.1, -0.05) is 6.07 Å². The molecular formula is C22H16F2N2O4. The van der Waals surface area contributed by atoms with E-state index in [1.807, 2.05) is 19.1 Å². The van der Waals surface area contributed by atoms with Gasteiger partial charge in [-0.3, -0.25) is 4.79 Å². The van der Waals surface area contributed by atoms with Gasteiger partial charge in [-0.15, -0.1) is 0 Å². The smallest absolute Gasteiger partial charge is 0.298 e. The number of anilines is 1. The van der Waals surface area contributed by atoms with Gasteiger partial charge in [0, 0.05) is 11.8 Å². The number of fused-ring (bicyclic) bond motifs is 1. The van der Waals surface area contributed by atoms with Crippen molar-refractivity contribution in [1.82, 2.24) is 4.98 Å². The van der Waals surface area contributed by atoms with Crippen LogP contribution in [0.15, 0.2) is 48.7 Å². The second-order valence-electron chi connectivity index (χ2n) is 7.20. The standard InChI is InChI=1S/C22H16F2N2O4/c1-12-7-17-18(30-22(29-17)10-28-11-22)8-14(12)13-5-6-19(25-9-13)26-21(27)20-15(23)3-2-4-16(20)24/h2-9H,10-11H2,1H3,(H,25,26,27). The molecule has 3 heterocycles. The lowest BCUT2D eigenvalue weighted by Crippen LogP contribution is -2.56. The zero-order chi connectivity index (χ0) is 20.9. The van der Waals surface area contributed by atoms with Gasteiger partial charge in [0.05, 0.1) is 0 Å². The SMILES string of the molecule is Cc1cc2c(cc1-c1ccc(NC(=O)c3c(F)cccc3F)nc1)OC1(COC1)O2. The molecule has 0 unspecified atom stereocenters. The molecule has 5 rings (SSSR count). The van der Waals surface area contributed by atoms with Crippen LogP contribution in [-0.4, -0.2) is 29.9 Å². The van der Waals surface area contributed by atoms with E-state index in [-0.39, 0.29) is 5.82 Å². The Kier molecular flexibility index (Phi) is 4.18. The Bertz CT molecular complexity index is 1140. The molecule has 0 aliphatic carbocycles. The van der Waals surface area contributed by atoms with Gasteiger partial charge in [-0.25, -0.2) is 13.8 Å². The van der Waals surface area contributed by atoms with Crippen LogP contribution in [0.1, 0.15) is 15.9 Å². The fourth-order valence-electron chi connectivity index (χ4n) is 3.46. The van der Waals surface area contributed by atoms with E-state index in [0.29, 0.717) is 24.7 Å². The summed E-state index contributed by atoms with van der Waals surface area (Å²) >= 11 is 0. The van der Waals surface area contributed by atoms with E-state index in [2.05, 4.69) is 10.3 Å². The van der Waals surface area contributed by atoms with E-state index in [1.54, 1.807) is 18.3 Å². The highest BCUT2D eigenvalue weighted by Crippen LogP contribution is 2.45. The number of rotatable bonds is 3. The number of benzene rings is 2. The highest BCUT2D eigenvalue weighted by molar-refractivity contribution is 6.04. The van der Waals surface area contributed by atoms with E-state index >= 15 is 0 Å². The number of pyridine rings is 1. The van der Waals surface area contributed by atoms with E-state index in [0.717, 1.165) is 28.8 Å². The minimum atomic E-state index is -0.935. The van der Waals surface area contributed by atoms with Gasteiger partial charge in [-0.05, 0) is 54.4 Å². The number of hydrogen-bond donors (Lipinski definition) is 1. The van der Waals surface area contributed by atoms with E-state index in [4.69, 9.17) is 14.2 Å². The zero-order valence-electron chi connectivity index (χ0n) is 15.9. The number of halogens is 2. The van der Waals surface area contributed by atoms with E-state index < -0.39 is 28.9 Å². The number of nitrogens with zero attached hydrogens (tertiary/aromatic N) is 1. The summed E-state index contributed by atoms with van der Waals surface area (Å²) in [4.78, 5) is 16.4. The van der Waals surface area contributed by atoms with Gasteiger partial charge in [0.2, 0.25) is 0 Å². The monoisotopic (exact) mass is 410 g/mol. The van der Waals surface area contributed by atoms with Crippen LogP contribution in [-0.2, 0) is 4.74 Å². The molecule has 2 aromatic carbocycles. The first-order valence-corrected chi connectivity index (χ1v) is 9.26. The molecule has 1 fully saturated rings. The van der Waals surface area contributed by atoms with Crippen LogP contribution >= 0.6 is 0 Å². The molecule has 1 saturated heterocycles. The van der Waals surface area contributed by atoms with Crippen LogP contribution < -0.4 is 14.8 Å². The first-order chi connectivity index (χ1) is 14.4. The number of ether oxygens (including phenoxy) is 3. The number of aryl methyl sites for hydroxylation is 1. The fraction of sp³-hybridized carbons (Fsp3) is 0.182. The largest absolute Gasteiger partial charge is 0.444 e. The minimum Gasteiger partial charge on any atom is -0.444 e. The van der Waals surface area contributed by atoms with Crippen molar-refractivity contribution in [3.05, 3.63) is 71.4 Å². The summed E-state index contributed by atoms with van der Waals surface area (Å²) < 4.78 is 44.5. The third-order valence-electron chi connectivity index (χ3n) is 5.03. The molecule has 1 amide bonds. The van der Waals surface area contributed by atoms with Crippen molar-refractivity contribution in [2.24, 2.45) is 0 Å². The number of carbonyl (C=O) groups excluding carboxylic acids is 1. The van der Waals surface area contributed by atoms with Crippen molar-refractivity contribution in [2.45, 2.75) is 12.7 Å². The molecule has 0 saturated carbocycles. The van der Waals surface area contributed by atoms with Gasteiger partial charge in [-0.2, -0.15) is 0 Å². The molecule has 1 spiro atoms. The lowest BCUT2D eigenvalue weighted by Gasteiger charge is -2.34. The Labute approximate surface area is 170 Å². The first kappa shape index (κ1) is 18.5. The number of hydrogen-bond acceptors (Lipinski definition) is 5. The predicted molar refractivity (Wildman–Crippen MR) is 104 cm³/mol. The Hall–Kier alpha value is -3.52. The molecule has 30 heavy (non-hydrogen) atoms. The van der Waals surface area contributed by atoms with E-state index in [9.17, 15) is 13.6 Å². The van der Waals surface area contributed by atoms with Crippen LogP contribution in [0.4, 0.5) is 14.6 Å². The molecule has 0 bridgehead atoms. The normalized spacial score (nSPS) is 15.7. The highest BCUT2D eigenvalue weighted by atomic mass is 19.1. The van der Waals surface area contributed by atoms with Crippen LogP contribution in [0.5, 0.6) is 11.5 Å². The summed E-state index contributed by atoms with van der Waals surface area (Å²) in [5, 5.41) is 2.41. The van der Waals surface area contributed by atoms with Gasteiger partial charge in [0.25, 0.3) is 11.7 Å². The van der Waals surface area contributed by atoms with E-state index in [1.165, 1.54) is 6.07 Å². The number of amides is 1. The molecule has 2 aliphatic heterocycles. The fourth-order valence-corrected chi connectivity index (χ4v) is 3.46. The molecule has 8 heteroatoms. The lowest BCUT2D eigenvalue weighted by molar-refractivity contribution is -0.246. The summed E-state index contributed by atoms with van der Waals surface area (Å²) in [6.07, 6.45) is 1.57. The Balaban J connectivity index is 1.37. The van der Waals surface area contributed by atoms with Crippen molar-refractivity contribution in [3.8, 4) is 22.6 Å². The summed E-state index contributed by atoms with van der Waals surface area (Å²) in [5.74, 6) is -2.02. The van der Waals surface area contributed by atoms with Crippen LogP contribution in [0.25, 0.3) is 11.1 Å². The zero-order valence-corrected chi connectivity index (χ0v) is 15.9. The van der Waals surface area contributed by atoms with Crippen molar-refractivity contribution in [1.29, 1.82) is 0 Å². The molecule has 1 N–H and O–H groups in total. The number of carbonyl (C=O) groups is 1. The van der Waals surface area contributed by atoms with Crippen LogP contribution in [0.2, 0.25) is 0 Å². The third kappa shape index (κ3) is 3.05. The Morgan fingerprint density at radius 3 is 2.37 bits per heavy atom. The van der Waals surface area contributed by atoms with Crippen LogP contribution in [0.3, 0.4) is 0 Å². The number of aromatic nitrogens is 1. The molecular weight excluding hydrogens is 394 g/mol. The van der Waals surface area contributed by atoms with Gasteiger partial charge < -0.3 is 19.5 Å². The molecule has 6 nitrogen and oxygen atoms in total. The Morgan fingerprint density at radius 1 is 1.07 bits per heavy atom. The van der Waals surface area contributed by atoms with Gasteiger partial charge >= 0.3 is 0 Å². The molecule has 0 radical (unpaired) electrons. The van der Waals surface area contributed by atoms with Crippen molar-refractivity contribution < 1.29 is 27.8 Å². The molecule has 0 atom stereocenters. The summed E-state index contributed by atoms with van der Waals surface area (Å²) in [7, 11) is 0. The maximum Gasteiger partial charge on any atom is 0.298 e. The summed E-state index contributed by atoms with van der Waals surface area (Å²) in [6.45, 7) is 2.71. The highest BCUT2D eigenvalue weighted by Gasteiger charge is 2.49.